The van der Waals surface area contributed by atoms with Crippen molar-refractivity contribution in [2.75, 3.05) is 32.4 Å². The molecule has 1 heterocycles. The Morgan fingerprint density at radius 3 is 2.60 bits per heavy atom. The van der Waals surface area contributed by atoms with E-state index in [1.165, 1.54) is 23.4 Å². The zero-order valence-corrected chi connectivity index (χ0v) is 12.7. The monoisotopic (exact) mass is 301 g/mol. The quantitative estimate of drug-likeness (QED) is 0.829. The van der Waals surface area contributed by atoms with Crippen LogP contribution in [0.4, 0.5) is 10.1 Å². The van der Waals surface area contributed by atoms with Gasteiger partial charge in [-0.1, -0.05) is 0 Å². The van der Waals surface area contributed by atoms with Gasteiger partial charge in [0.25, 0.3) is 0 Å². The van der Waals surface area contributed by atoms with Gasteiger partial charge in [0, 0.05) is 31.4 Å². The topological polar surface area (TPSA) is 66.6 Å². The number of likely N-dealkylation sites (N-methyl/N-ethyl adjacent to an activating group) is 1. The zero-order chi connectivity index (χ0) is 15.1. The third-order valence-corrected chi connectivity index (χ3v) is 5.61. The number of aryl methyl sites for hydroxylation is 1. The Kier molecular flexibility index (Phi) is 4.04. The Morgan fingerprint density at radius 1 is 1.35 bits per heavy atom. The van der Waals surface area contributed by atoms with Crippen molar-refractivity contribution in [1.82, 2.24) is 9.21 Å². The molecule has 0 saturated carbocycles. The minimum absolute atomic E-state index is 0.195. The van der Waals surface area contributed by atoms with Crippen molar-refractivity contribution in [2.24, 2.45) is 0 Å². The van der Waals surface area contributed by atoms with Crippen LogP contribution in [-0.2, 0) is 10.0 Å². The summed E-state index contributed by atoms with van der Waals surface area (Å²) in [7, 11) is -1.92. The Balaban J connectivity index is 2.46. The first-order valence-electron chi connectivity index (χ1n) is 6.49. The van der Waals surface area contributed by atoms with E-state index in [0.29, 0.717) is 19.6 Å². The standard InChI is InChI=1S/C13H20FN3O2S/c1-9-6-11(15)7-12(13(9)14)20(18,19)17-5-4-16(3)8-10(17)2/h6-7,10H,4-5,8,15H2,1-3H3. The van der Waals surface area contributed by atoms with E-state index >= 15 is 0 Å². The first kappa shape index (κ1) is 15.2. The predicted octanol–water partition coefficient (Wildman–Crippen LogP) is 1.04. The number of benzene rings is 1. The van der Waals surface area contributed by atoms with E-state index in [0.717, 1.165) is 0 Å². The van der Waals surface area contributed by atoms with E-state index in [9.17, 15) is 12.8 Å². The molecular weight excluding hydrogens is 281 g/mol. The highest BCUT2D eigenvalue weighted by Gasteiger charge is 2.34. The second-order valence-corrected chi connectivity index (χ2v) is 7.24. The van der Waals surface area contributed by atoms with Crippen LogP contribution in [0.5, 0.6) is 0 Å². The number of hydrogen-bond acceptors (Lipinski definition) is 4. The minimum Gasteiger partial charge on any atom is -0.399 e. The molecule has 1 saturated heterocycles. The number of rotatable bonds is 2. The summed E-state index contributed by atoms with van der Waals surface area (Å²) >= 11 is 0. The number of piperazine rings is 1. The minimum atomic E-state index is -3.86. The molecule has 1 aromatic rings. The number of anilines is 1. The molecule has 112 valence electrons. The van der Waals surface area contributed by atoms with Gasteiger partial charge in [-0.25, -0.2) is 12.8 Å². The molecule has 0 bridgehead atoms. The van der Waals surface area contributed by atoms with Crippen molar-refractivity contribution < 1.29 is 12.8 Å². The number of halogens is 1. The summed E-state index contributed by atoms with van der Waals surface area (Å²) < 4.78 is 40.8. The molecule has 0 radical (unpaired) electrons. The Labute approximate surface area is 119 Å². The van der Waals surface area contributed by atoms with Gasteiger partial charge in [-0.2, -0.15) is 4.31 Å². The van der Waals surface area contributed by atoms with Crippen LogP contribution in [0.15, 0.2) is 17.0 Å². The highest BCUT2D eigenvalue weighted by molar-refractivity contribution is 7.89. The van der Waals surface area contributed by atoms with Gasteiger partial charge in [0.1, 0.15) is 10.7 Å². The Bertz CT molecular complexity index is 618. The highest BCUT2D eigenvalue weighted by atomic mass is 32.2. The lowest BCUT2D eigenvalue weighted by atomic mass is 10.2. The van der Waals surface area contributed by atoms with Crippen LogP contribution in [0.2, 0.25) is 0 Å². The molecule has 2 rings (SSSR count). The molecule has 1 aliphatic rings. The predicted molar refractivity (Wildman–Crippen MR) is 76.4 cm³/mol. The lowest BCUT2D eigenvalue weighted by Gasteiger charge is -2.37. The maximum Gasteiger partial charge on any atom is 0.246 e. The van der Waals surface area contributed by atoms with Crippen molar-refractivity contribution >= 4 is 15.7 Å². The number of hydrogen-bond donors (Lipinski definition) is 1. The average Bonchev–Trinajstić information content (AvgIpc) is 2.33. The van der Waals surface area contributed by atoms with Crippen LogP contribution in [0, 0.1) is 12.7 Å². The lowest BCUT2D eigenvalue weighted by Crippen LogP contribution is -2.52. The number of nitrogen functional groups attached to an aromatic ring is 1. The fourth-order valence-corrected chi connectivity index (χ4v) is 4.35. The second kappa shape index (κ2) is 5.31. The average molecular weight is 301 g/mol. The molecule has 1 atom stereocenters. The van der Waals surface area contributed by atoms with Crippen molar-refractivity contribution in [3.63, 3.8) is 0 Å². The molecule has 1 fully saturated rings. The van der Waals surface area contributed by atoms with Gasteiger partial charge in [0.2, 0.25) is 10.0 Å². The molecule has 5 nitrogen and oxygen atoms in total. The molecule has 0 spiro atoms. The van der Waals surface area contributed by atoms with Gasteiger partial charge < -0.3 is 10.6 Å². The number of nitrogens with two attached hydrogens (primary N) is 1. The summed E-state index contributed by atoms with van der Waals surface area (Å²) in [6.07, 6.45) is 0. The summed E-state index contributed by atoms with van der Waals surface area (Å²) in [5.74, 6) is -0.717. The SMILES string of the molecule is Cc1cc(N)cc(S(=O)(=O)N2CCN(C)CC2C)c1F. The molecule has 1 aromatic carbocycles. The van der Waals surface area contributed by atoms with E-state index in [1.54, 1.807) is 0 Å². The van der Waals surface area contributed by atoms with E-state index in [4.69, 9.17) is 5.73 Å². The van der Waals surface area contributed by atoms with Crippen LogP contribution in [0.25, 0.3) is 0 Å². The van der Waals surface area contributed by atoms with E-state index in [2.05, 4.69) is 4.90 Å². The maximum atomic E-state index is 14.2. The van der Waals surface area contributed by atoms with E-state index in [1.807, 2.05) is 14.0 Å². The van der Waals surface area contributed by atoms with Crippen molar-refractivity contribution in [2.45, 2.75) is 24.8 Å². The fraction of sp³-hybridized carbons (Fsp3) is 0.538. The van der Waals surface area contributed by atoms with Crippen molar-refractivity contribution in [3.8, 4) is 0 Å². The molecule has 1 aliphatic heterocycles. The fourth-order valence-electron chi connectivity index (χ4n) is 2.56. The largest absolute Gasteiger partial charge is 0.399 e. The van der Waals surface area contributed by atoms with E-state index in [-0.39, 0.29) is 22.2 Å². The van der Waals surface area contributed by atoms with Crippen LogP contribution < -0.4 is 5.73 Å². The summed E-state index contributed by atoms with van der Waals surface area (Å²) in [5.41, 5.74) is 6.15. The highest BCUT2D eigenvalue weighted by Crippen LogP contribution is 2.27. The third-order valence-electron chi connectivity index (χ3n) is 3.60. The summed E-state index contributed by atoms with van der Waals surface area (Å²) in [4.78, 5) is 1.73. The maximum absolute atomic E-state index is 14.2. The molecule has 2 N–H and O–H groups in total. The summed E-state index contributed by atoms with van der Waals surface area (Å²) in [5, 5.41) is 0. The van der Waals surface area contributed by atoms with Gasteiger partial charge in [-0.3, -0.25) is 0 Å². The van der Waals surface area contributed by atoms with Gasteiger partial charge in [0.15, 0.2) is 0 Å². The molecule has 0 amide bonds. The van der Waals surface area contributed by atoms with Crippen LogP contribution >= 0.6 is 0 Å². The summed E-state index contributed by atoms with van der Waals surface area (Å²) in [6.45, 7) is 4.95. The molecule has 0 aromatic heterocycles. The first-order chi connectivity index (χ1) is 9.23. The van der Waals surface area contributed by atoms with Crippen molar-refractivity contribution in [3.05, 3.63) is 23.5 Å². The van der Waals surface area contributed by atoms with Crippen molar-refractivity contribution in [1.29, 1.82) is 0 Å². The van der Waals surface area contributed by atoms with Crippen LogP contribution in [0.3, 0.4) is 0 Å². The lowest BCUT2D eigenvalue weighted by molar-refractivity contribution is 0.170. The first-order valence-corrected chi connectivity index (χ1v) is 7.93. The van der Waals surface area contributed by atoms with Gasteiger partial charge in [0.05, 0.1) is 0 Å². The normalized spacial score (nSPS) is 22.1. The molecule has 1 unspecified atom stereocenters. The van der Waals surface area contributed by atoms with Gasteiger partial charge in [-0.05, 0) is 38.6 Å². The van der Waals surface area contributed by atoms with Crippen LogP contribution in [0.1, 0.15) is 12.5 Å². The Hall–Kier alpha value is -1.18. The van der Waals surface area contributed by atoms with Crippen LogP contribution in [-0.4, -0.2) is 50.3 Å². The van der Waals surface area contributed by atoms with Gasteiger partial charge in [-0.15, -0.1) is 0 Å². The number of sulfonamides is 1. The molecule has 0 aliphatic carbocycles. The Morgan fingerprint density at radius 2 is 2.00 bits per heavy atom. The summed E-state index contributed by atoms with van der Waals surface area (Å²) in [6, 6.07) is 2.43. The number of nitrogens with zero attached hydrogens (tertiary/aromatic N) is 2. The second-order valence-electron chi connectivity index (χ2n) is 5.38. The molecule has 20 heavy (non-hydrogen) atoms. The van der Waals surface area contributed by atoms with E-state index < -0.39 is 15.8 Å². The third kappa shape index (κ3) is 2.65. The molecule has 7 heteroatoms. The van der Waals surface area contributed by atoms with Gasteiger partial charge >= 0.3 is 0 Å². The smallest absolute Gasteiger partial charge is 0.246 e. The molecular formula is C13H20FN3O2S. The zero-order valence-electron chi connectivity index (χ0n) is 11.9.